The first kappa shape index (κ1) is 20.1. The Bertz CT molecular complexity index is 854. The van der Waals surface area contributed by atoms with Gasteiger partial charge in [-0.25, -0.2) is 14.7 Å². The van der Waals surface area contributed by atoms with Gasteiger partial charge >= 0.3 is 6.03 Å². The number of hydrogen-bond donors (Lipinski definition) is 2. The van der Waals surface area contributed by atoms with Crippen molar-refractivity contribution in [3.05, 3.63) is 64.4 Å². The quantitative estimate of drug-likeness (QED) is 0.591. The molecule has 0 atom stereocenters. The van der Waals surface area contributed by atoms with Crippen LogP contribution < -0.4 is 10.4 Å². The number of likely N-dealkylation sites (tertiary alicyclic amines) is 1. The van der Waals surface area contributed by atoms with E-state index in [-0.39, 0.29) is 17.6 Å². The first-order valence-electron chi connectivity index (χ1n) is 9.04. The number of hydrogen-bond acceptors (Lipinski definition) is 3. The van der Waals surface area contributed by atoms with Crippen LogP contribution in [0.4, 0.5) is 14.9 Å². The summed E-state index contributed by atoms with van der Waals surface area (Å²) in [4.78, 5) is 27.9. The number of urea groups is 1. The summed E-state index contributed by atoms with van der Waals surface area (Å²) >= 11 is 5.93. The van der Waals surface area contributed by atoms with Crippen LogP contribution in [0.15, 0.2) is 42.5 Å². The molecule has 0 radical (unpaired) electrons. The summed E-state index contributed by atoms with van der Waals surface area (Å²) < 4.78 is 13.6. The number of benzene rings is 2. The highest BCUT2D eigenvalue weighted by molar-refractivity contribution is 6.31. The predicted molar refractivity (Wildman–Crippen MR) is 104 cm³/mol. The Labute approximate surface area is 167 Å². The Morgan fingerprint density at radius 2 is 1.79 bits per heavy atom. The molecule has 2 aromatic carbocycles. The largest absolute Gasteiger partial charge is 0.324 e. The maximum absolute atomic E-state index is 13.6. The molecule has 0 aliphatic carbocycles. The van der Waals surface area contributed by atoms with Gasteiger partial charge in [-0.1, -0.05) is 23.7 Å². The molecule has 3 rings (SSSR count). The van der Waals surface area contributed by atoms with E-state index in [2.05, 4.69) is 0 Å². The zero-order valence-corrected chi connectivity index (χ0v) is 16.0. The minimum atomic E-state index is -0.613. The van der Waals surface area contributed by atoms with Gasteiger partial charge in [-0.2, -0.15) is 0 Å². The number of halogens is 2. The second-order valence-electron chi connectivity index (χ2n) is 6.65. The van der Waals surface area contributed by atoms with Crippen LogP contribution in [0.5, 0.6) is 0 Å². The Morgan fingerprint density at radius 3 is 2.39 bits per heavy atom. The van der Waals surface area contributed by atoms with Crippen molar-refractivity contribution in [3.8, 4) is 0 Å². The van der Waals surface area contributed by atoms with Crippen LogP contribution >= 0.6 is 11.6 Å². The van der Waals surface area contributed by atoms with Crippen LogP contribution in [0, 0.1) is 5.82 Å². The molecule has 2 aromatic rings. The zero-order chi connectivity index (χ0) is 20.1. The third kappa shape index (κ3) is 4.61. The minimum Gasteiger partial charge on any atom is -0.324 e. The van der Waals surface area contributed by atoms with Crippen LogP contribution in [-0.4, -0.2) is 35.1 Å². The molecule has 1 aliphatic rings. The van der Waals surface area contributed by atoms with Crippen LogP contribution in [-0.2, 0) is 6.54 Å². The van der Waals surface area contributed by atoms with Crippen molar-refractivity contribution in [1.82, 2.24) is 10.4 Å². The Kier molecular flexibility index (Phi) is 6.49. The fourth-order valence-electron chi connectivity index (χ4n) is 3.19. The number of piperidine rings is 1. The molecule has 6 nitrogen and oxygen atoms in total. The number of anilines is 1. The van der Waals surface area contributed by atoms with Gasteiger partial charge in [-0.3, -0.25) is 14.9 Å². The van der Waals surface area contributed by atoms with E-state index in [1.165, 1.54) is 18.2 Å². The number of rotatable bonds is 4. The molecular formula is C20H21ClFN3O3. The first-order valence-corrected chi connectivity index (χ1v) is 9.42. The first-order chi connectivity index (χ1) is 13.5. The fraction of sp³-hybridized carbons (Fsp3) is 0.300. The second kappa shape index (κ2) is 9.03. The van der Waals surface area contributed by atoms with Gasteiger partial charge in [0.25, 0.3) is 5.91 Å². The Morgan fingerprint density at radius 1 is 1.11 bits per heavy atom. The van der Waals surface area contributed by atoms with Gasteiger partial charge in [0.05, 0.1) is 11.6 Å². The molecule has 0 saturated carbocycles. The van der Waals surface area contributed by atoms with Crippen molar-refractivity contribution in [3.63, 3.8) is 0 Å². The lowest BCUT2D eigenvalue weighted by atomic mass is 10.1. The van der Waals surface area contributed by atoms with Crippen LogP contribution in [0.3, 0.4) is 0 Å². The molecule has 148 valence electrons. The van der Waals surface area contributed by atoms with Crippen LogP contribution in [0.1, 0.15) is 35.2 Å². The van der Waals surface area contributed by atoms with Crippen molar-refractivity contribution in [1.29, 1.82) is 0 Å². The third-order valence-electron chi connectivity index (χ3n) is 4.73. The molecule has 8 heteroatoms. The summed E-state index contributed by atoms with van der Waals surface area (Å²) in [6.07, 6.45) is 3.00. The topological polar surface area (TPSA) is 72.9 Å². The molecule has 1 aliphatic heterocycles. The van der Waals surface area contributed by atoms with Gasteiger partial charge in [-0.05, 0) is 55.2 Å². The summed E-state index contributed by atoms with van der Waals surface area (Å²) in [5.41, 5.74) is 3.15. The molecule has 28 heavy (non-hydrogen) atoms. The highest BCUT2D eigenvalue weighted by Crippen LogP contribution is 2.26. The van der Waals surface area contributed by atoms with Crippen LogP contribution in [0.25, 0.3) is 0 Å². The highest BCUT2D eigenvalue weighted by Gasteiger charge is 2.24. The summed E-state index contributed by atoms with van der Waals surface area (Å²) in [6.45, 7) is 1.60. The van der Waals surface area contributed by atoms with Crippen LogP contribution in [0.2, 0.25) is 5.02 Å². The van der Waals surface area contributed by atoms with Gasteiger partial charge in [0, 0.05) is 24.3 Å². The van der Waals surface area contributed by atoms with E-state index in [9.17, 15) is 14.0 Å². The average molecular weight is 406 g/mol. The van der Waals surface area contributed by atoms with Gasteiger partial charge in [0.1, 0.15) is 5.82 Å². The van der Waals surface area contributed by atoms with Gasteiger partial charge in [-0.15, -0.1) is 0 Å². The smallest absolute Gasteiger partial charge is 0.324 e. The summed E-state index contributed by atoms with van der Waals surface area (Å²) in [6, 6.07) is 10.5. The van der Waals surface area contributed by atoms with Crippen molar-refractivity contribution in [2.75, 3.05) is 18.0 Å². The number of carbonyl (C=O) groups is 2. The summed E-state index contributed by atoms with van der Waals surface area (Å²) in [5.74, 6) is -1.16. The SMILES string of the molecule is O=C(NO)c1ccc(CN(C(=O)N2CCCCC2)c2ccc(F)c(Cl)c2)cc1. The zero-order valence-electron chi connectivity index (χ0n) is 15.2. The number of carbonyl (C=O) groups excluding carboxylic acids is 2. The van der Waals surface area contributed by atoms with E-state index in [0.29, 0.717) is 24.3 Å². The minimum absolute atomic E-state index is 0.0519. The number of amides is 3. The highest BCUT2D eigenvalue weighted by atomic mass is 35.5. The molecule has 0 spiro atoms. The van der Waals surface area contributed by atoms with E-state index in [4.69, 9.17) is 16.8 Å². The van der Waals surface area contributed by atoms with Gasteiger partial charge in [0.15, 0.2) is 0 Å². The van der Waals surface area contributed by atoms with E-state index in [0.717, 1.165) is 24.8 Å². The molecule has 0 unspecified atom stereocenters. The van der Waals surface area contributed by atoms with Gasteiger partial charge in [0.2, 0.25) is 0 Å². The van der Waals surface area contributed by atoms with Crippen molar-refractivity contribution in [2.24, 2.45) is 0 Å². The fourth-order valence-corrected chi connectivity index (χ4v) is 3.36. The van der Waals surface area contributed by atoms with E-state index in [1.807, 2.05) is 0 Å². The lowest BCUT2D eigenvalue weighted by Crippen LogP contribution is -2.45. The van der Waals surface area contributed by atoms with E-state index in [1.54, 1.807) is 39.5 Å². The molecule has 0 bridgehead atoms. The summed E-state index contributed by atoms with van der Waals surface area (Å²) in [5, 5.41) is 8.66. The molecule has 2 N–H and O–H groups in total. The third-order valence-corrected chi connectivity index (χ3v) is 5.02. The van der Waals surface area contributed by atoms with Crippen molar-refractivity contribution < 1.29 is 19.2 Å². The Balaban J connectivity index is 1.87. The Hall–Kier alpha value is -2.64. The maximum Gasteiger partial charge on any atom is 0.324 e. The van der Waals surface area contributed by atoms with Gasteiger partial charge < -0.3 is 4.90 Å². The predicted octanol–water partition coefficient (Wildman–Crippen LogP) is 4.21. The normalized spacial score (nSPS) is 13.9. The number of nitrogens with one attached hydrogen (secondary N) is 1. The average Bonchev–Trinajstić information content (AvgIpc) is 2.74. The lowest BCUT2D eigenvalue weighted by molar-refractivity contribution is 0.0706. The molecular weight excluding hydrogens is 385 g/mol. The molecule has 0 aromatic heterocycles. The monoisotopic (exact) mass is 405 g/mol. The van der Waals surface area contributed by atoms with Crippen molar-refractivity contribution >= 4 is 29.2 Å². The standard InChI is InChI=1S/C20H21ClFN3O3/c21-17-12-16(8-9-18(17)22)25(20(27)24-10-2-1-3-11-24)13-14-4-6-15(7-5-14)19(26)23-28/h4-9,12,28H,1-3,10-11,13H2,(H,23,26). The summed E-state index contributed by atoms with van der Waals surface area (Å²) in [7, 11) is 0. The van der Waals surface area contributed by atoms with Crippen molar-refractivity contribution in [2.45, 2.75) is 25.8 Å². The second-order valence-corrected chi connectivity index (χ2v) is 7.06. The number of hydroxylamine groups is 1. The molecule has 3 amide bonds. The molecule has 1 fully saturated rings. The molecule has 1 heterocycles. The van der Waals surface area contributed by atoms with E-state index < -0.39 is 11.7 Å². The van der Waals surface area contributed by atoms with E-state index >= 15 is 0 Å². The molecule has 1 saturated heterocycles. The maximum atomic E-state index is 13.6. The lowest BCUT2D eigenvalue weighted by Gasteiger charge is -2.33. The number of nitrogens with zero attached hydrogens (tertiary/aromatic N) is 2.